The highest BCUT2D eigenvalue weighted by Crippen LogP contribution is 2.45. The van der Waals surface area contributed by atoms with Crippen LogP contribution >= 0.6 is 11.8 Å². The predicted molar refractivity (Wildman–Crippen MR) is 195 cm³/mol. The van der Waals surface area contributed by atoms with Gasteiger partial charge in [-0.15, -0.1) is 0 Å². The Morgan fingerprint density at radius 2 is 1.86 bits per heavy atom. The number of alkyl carbamates (subject to hydrolysis) is 1. The molecule has 4 aliphatic rings. The minimum Gasteiger partial charge on any atom is -0.444 e. The van der Waals surface area contributed by atoms with Gasteiger partial charge in [0.2, 0.25) is 27.7 Å². The van der Waals surface area contributed by atoms with E-state index >= 15 is 0 Å². The third-order valence-electron chi connectivity index (χ3n) is 9.43. The Bertz CT molecular complexity index is 1510. The smallest absolute Gasteiger partial charge is 0.408 e. The average Bonchev–Trinajstić information content (AvgIpc) is 3.31. The number of aliphatic imine (C=N–C) groups is 1. The van der Waals surface area contributed by atoms with E-state index in [0.29, 0.717) is 30.2 Å². The number of hydrogen-bond acceptors (Lipinski definition) is 11. The van der Waals surface area contributed by atoms with Gasteiger partial charge in [-0.1, -0.05) is 43.7 Å². The molecular weight excluding hydrogens is 699 g/mol. The van der Waals surface area contributed by atoms with Crippen LogP contribution in [0.2, 0.25) is 0 Å². The molecule has 0 spiro atoms. The number of amides is 5. The van der Waals surface area contributed by atoms with Gasteiger partial charge in [0, 0.05) is 30.3 Å². The Morgan fingerprint density at radius 3 is 2.53 bits per heavy atom. The Kier molecular flexibility index (Phi) is 13.1. The fourth-order valence-electron chi connectivity index (χ4n) is 6.34. The Labute approximate surface area is 305 Å². The predicted octanol–water partition coefficient (Wildman–Crippen LogP) is 2.07. The van der Waals surface area contributed by atoms with E-state index in [1.165, 1.54) is 23.6 Å². The van der Waals surface area contributed by atoms with Crippen molar-refractivity contribution in [3.63, 3.8) is 0 Å². The molecule has 0 aromatic carbocycles. The first-order valence-electron chi connectivity index (χ1n) is 18.0. The highest BCUT2D eigenvalue weighted by atomic mass is 32.2. The van der Waals surface area contributed by atoms with Crippen LogP contribution in [0.25, 0.3) is 0 Å². The molecular formula is C34H55N7O8S2. The van der Waals surface area contributed by atoms with E-state index in [0.717, 1.165) is 12.8 Å². The number of carbonyl (C=O) groups is 5. The summed E-state index contributed by atoms with van der Waals surface area (Å²) in [6, 6.07) is -3.29. The number of amidine groups is 1. The number of sulfonamides is 1. The maximum atomic E-state index is 14.3. The molecule has 5 amide bonds. The zero-order valence-electron chi connectivity index (χ0n) is 30.7. The second kappa shape index (κ2) is 16.6. The molecule has 17 heteroatoms. The van der Waals surface area contributed by atoms with Crippen molar-refractivity contribution in [2.75, 3.05) is 12.3 Å². The van der Waals surface area contributed by atoms with Crippen molar-refractivity contribution in [2.45, 2.75) is 146 Å². The largest absolute Gasteiger partial charge is 0.444 e. The second-order valence-electron chi connectivity index (χ2n) is 15.2. The normalized spacial score (nSPS) is 30.0. The zero-order chi connectivity index (χ0) is 37.7. The molecule has 2 fully saturated rings. The third kappa shape index (κ3) is 10.6. The van der Waals surface area contributed by atoms with Crippen molar-refractivity contribution in [3.8, 4) is 0 Å². The van der Waals surface area contributed by atoms with Crippen molar-refractivity contribution < 1.29 is 37.1 Å². The maximum absolute atomic E-state index is 14.3. The molecule has 0 bridgehead atoms. The van der Waals surface area contributed by atoms with E-state index < -0.39 is 80.3 Å². The monoisotopic (exact) mass is 753 g/mol. The van der Waals surface area contributed by atoms with Crippen LogP contribution in [0.5, 0.6) is 0 Å². The molecule has 0 aromatic heterocycles. The van der Waals surface area contributed by atoms with Crippen LogP contribution in [0, 0.1) is 5.92 Å². The third-order valence-corrected chi connectivity index (χ3v) is 12.3. The molecule has 1 saturated heterocycles. The molecule has 0 radical (unpaired) electrons. The number of rotatable bonds is 8. The first-order chi connectivity index (χ1) is 23.8. The number of hydrogen-bond donors (Lipinski definition) is 5. The van der Waals surface area contributed by atoms with E-state index in [2.05, 4.69) is 31.0 Å². The standard InChI is InChI=1S/C34H55N7O8S2/c1-8-21(4)51(47,48)40-30(45)34-17-22(34)14-12-10-9-11-13-15-24(38-32(46)49-33(5,6)7)29(44)41-18-23(16-26(41)28(43)39-34)36-27(42)25-19-50-31(37-25)35-20(2)3/h12,14,20-26H,8-11,13,15-19H2,1-7H3,(H,35,37)(H,36,42)(H,38,46)(H,39,43)(H,40,45)/b14-12-/t21?,22-,23-,24+,25?,26+,34-/m1/s1. The van der Waals surface area contributed by atoms with Gasteiger partial charge in [0.1, 0.15) is 29.3 Å². The lowest BCUT2D eigenvalue weighted by Crippen LogP contribution is -2.58. The summed E-state index contributed by atoms with van der Waals surface area (Å²) in [5, 5.41) is 11.5. The van der Waals surface area contributed by atoms with Crippen LogP contribution in [-0.4, -0.2) is 107 Å². The van der Waals surface area contributed by atoms with Crippen molar-refractivity contribution in [3.05, 3.63) is 12.2 Å². The summed E-state index contributed by atoms with van der Waals surface area (Å²) < 4.78 is 33.5. The van der Waals surface area contributed by atoms with Crippen LogP contribution in [0.1, 0.15) is 99.8 Å². The fraction of sp³-hybridized carbons (Fsp3) is 0.765. The number of carbonyl (C=O) groups excluding carboxylic acids is 5. The quantitative estimate of drug-likeness (QED) is 0.228. The van der Waals surface area contributed by atoms with E-state index in [9.17, 15) is 32.4 Å². The summed E-state index contributed by atoms with van der Waals surface area (Å²) in [5.74, 6) is -2.36. The van der Waals surface area contributed by atoms with Crippen molar-refractivity contribution in [2.24, 2.45) is 10.9 Å². The molecule has 51 heavy (non-hydrogen) atoms. The van der Waals surface area contributed by atoms with E-state index in [1.807, 2.05) is 26.0 Å². The van der Waals surface area contributed by atoms with Crippen molar-refractivity contribution in [1.82, 2.24) is 30.9 Å². The number of fused-ring (bicyclic) bond motifs is 2. The molecule has 3 heterocycles. The number of ether oxygens (including phenoxy) is 1. The van der Waals surface area contributed by atoms with Crippen LogP contribution in [0.3, 0.4) is 0 Å². The van der Waals surface area contributed by atoms with Gasteiger partial charge in [-0.2, -0.15) is 0 Å². The number of allylic oxidation sites excluding steroid dienone is 1. The maximum Gasteiger partial charge on any atom is 0.408 e. The van der Waals surface area contributed by atoms with Gasteiger partial charge in [0.25, 0.3) is 5.91 Å². The highest BCUT2D eigenvalue weighted by molar-refractivity contribution is 8.14. The van der Waals surface area contributed by atoms with Gasteiger partial charge in [0.05, 0.1) is 5.25 Å². The lowest BCUT2D eigenvalue weighted by atomic mass is 10.0. The van der Waals surface area contributed by atoms with Gasteiger partial charge in [-0.25, -0.2) is 18.2 Å². The van der Waals surface area contributed by atoms with Gasteiger partial charge in [-0.3, -0.25) is 23.9 Å². The van der Waals surface area contributed by atoms with Gasteiger partial charge < -0.3 is 30.9 Å². The molecule has 7 atom stereocenters. The molecule has 0 aromatic rings. The fourth-order valence-corrected chi connectivity index (χ4v) is 8.49. The summed E-state index contributed by atoms with van der Waals surface area (Å²) in [7, 11) is -4.01. The van der Waals surface area contributed by atoms with E-state index in [-0.39, 0.29) is 37.8 Å². The number of nitrogens with one attached hydrogen (secondary N) is 5. The average molecular weight is 754 g/mol. The van der Waals surface area contributed by atoms with E-state index in [4.69, 9.17) is 4.74 Å². The minimum atomic E-state index is -4.01. The summed E-state index contributed by atoms with van der Waals surface area (Å²) in [6.07, 6.45) is 6.62. The summed E-state index contributed by atoms with van der Waals surface area (Å²) >= 11 is 1.44. The lowest BCUT2D eigenvalue weighted by molar-refractivity contribution is -0.141. The van der Waals surface area contributed by atoms with Crippen molar-refractivity contribution in [1.29, 1.82) is 0 Å². The molecule has 4 rings (SSSR count). The molecule has 1 aliphatic carbocycles. The van der Waals surface area contributed by atoms with Gasteiger partial charge in [0.15, 0.2) is 5.17 Å². The summed E-state index contributed by atoms with van der Waals surface area (Å²) in [5.41, 5.74) is -2.34. The SMILES string of the molecule is CCC(C)S(=O)(=O)NC(=O)[C@@]12C[C@H]1/C=C\CCCCC[C@H](NC(=O)OC(C)(C)C)C(=O)N1C[C@H](NC(=O)C3CSC(NC(C)C)=N3)C[C@H]1C(=O)N2. The first-order valence-corrected chi connectivity index (χ1v) is 20.5. The van der Waals surface area contributed by atoms with Crippen LogP contribution in [0.15, 0.2) is 17.1 Å². The Balaban J connectivity index is 1.63. The molecule has 286 valence electrons. The lowest BCUT2D eigenvalue weighted by Gasteiger charge is -2.30. The minimum absolute atomic E-state index is 0.0270. The molecule has 3 aliphatic heterocycles. The summed E-state index contributed by atoms with van der Waals surface area (Å²) in [6.45, 7) is 12.3. The van der Waals surface area contributed by atoms with Crippen LogP contribution in [0.4, 0.5) is 4.79 Å². The number of thioether (sulfide) groups is 1. The molecule has 1 saturated carbocycles. The molecule has 15 nitrogen and oxygen atoms in total. The highest BCUT2D eigenvalue weighted by Gasteiger charge is 2.61. The van der Waals surface area contributed by atoms with Crippen LogP contribution < -0.4 is 26.0 Å². The summed E-state index contributed by atoms with van der Waals surface area (Å²) in [4.78, 5) is 74.3. The van der Waals surface area contributed by atoms with Crippen LogP contribution in [-0.2, 0) is 33.9 Å². The topological polar surface area (TPSA) is 204 Å². The van der Waals surface area contributed by atoms with Crippen molar-refractivity contribution >= 4 is 56.7 Å². The number of nitrogens with zero attached hydrogens (tertiary/aromatic N) is 2. The first kappa shape index (κ1) is 40.4. The molecule has 2 unspecified atom stereocenters. The Hall–Kier alpha value is -3.34. The zero-order valence-corrected chi connectivity index (χ0v) is 32.4. The van der Waals surface area contributed by atoms with E-state index in [1.54, 1.807) is 27.7 Å². The Morgan fingerprint density at radius 1 is 1.14 bits per heavy atom. The molecule has 5 N–H and O–H groups in total. The van der Waals surface area contributed by atoms with Gasteiger partial charge in [-0.05, 0) is 80.1 Å². The van der Waals surface area contributed by atoms with Gasteiger partial charge >= 0.3 is 6.09 Å². The second-order valence-corrected chi connectivity index (χ2v) is 18.3.